The Morgan fingerprint density at radius 3 is 2.33 bits per heavy atom. The second-order valence-electron chi connectivity index (χ2n) is 5.75. The molecule has 0 aliphatic heterocycles. The van der Waals surface area contributed by atoms with Gasteiger partial charge in [0.15, 0.2) is 0 Å². The normalized spacial score (nSPS) is 12.4. The van der Waals surface area contributed by atoms with Crippen LogP contribution in [0.4, 0.5) is 4.79 Å². The Morgan fingerprint density at radius 2 is 1.81 bits per heavy atom. The molecule has 1 rings (SSSR count). The Hall–Kier alpha value is -2.04. The second kappa shape index (κ2) is 7.67. The molecule has 0 fully saturated rings. The molecule has 5 heteroatoms. The van der Waals surface area contributed by atoms with Gasteiger partial charge in [-0.05, 0) is 39.2 Å². The van der Waals surface area contributed by atoms with Crippen LogP contribution >= 0.6 is 0 Å². The van der Waals surface area contributed by atoms with Crippen molar-refractivity contribution in [3.63, 3.8) is 0 Å². The minimum absolute atomic E-state index is 0.454. The molecule has 0 aromatic heterocycles. The molecular weight excluding hydrogens is 270 g/mol. The fourth-order valence-electron chi connectivity index (χ4n) is 1.80. The summed E-state index contributed by atoms with van der Waals surface area (Å²) in [6.07, 6.45) is 0.498. The first-order valence-electron chi connectivity index (χ1n) is 6.93. The molecule has 0 aliphatic carbocycles. The molecular formula is C16H23NO4. The lowest BCUT2D eigenvalue weighted by molar-refractivity contribution is -0.143. The van der Waals surface area contributed by atoms with Gasteiger partial charge in [0.05, 0.1) is 7.11 Å². The third-order valence-electron chi connectivity index (χ3n) is 2.74. The van der Waals surface area contributed by atoms with Crippen LogP contribution in [0.5, 0.6) is 0 Å². The number of carbonyl (C=O) groups excluding carboxylic acids is 2. The van der Waals surface area contributed by atoms with Gasteiger partial charge in [-0.3, -0.25) is 0 Å². The maximum atomic E-state index is 11.8. The molecule has 1 atom stereocenters. The highest BCUT2D eigenvalue weighted by atomic mass is 16.6. The Kier molecular flexibility index (Phi) is 6.21. The van der Waals surface area contributed by atoms with Crippen LogP contribution in [-0.4, -0.2) is 30.8 Å². The van der Waals surface area contributed by atoms with Gasteiger partial charge in [0, 0.05) is 0 Å². The summed E-state index contributed by atoms with van der Waals surface area (Å²) in [7, 11) is 1.30. The van der Waals surface area contributed by atoms with Crippen molar-refractivity contribution < 1.29 is 19.1 Å². The molecule has 21 heavy (non-hydrogen) atoms. The van der Waals surface area contributed by atoms with Gasteiger partial charge in [-0.2, -0.15) is 0 Å². The number of benzene rings is 1. The SMILES string of the molecule is COC(=O)[C@H](CCc1ccccc1)NC(=O)OC(C)(C)C. The monoisotopic (exact) mass is 293 g/mol. The lowest BCUT2D eigenvalue weighted by Crippen LogP contribution is -2.44. The summed E-state index contributed by atoms with van der Waals surface area (Å²) in [5, 5.41) is 2.56. The Morgan fingerprint density at radius 1 is 1.19 bits per heavy atom. The number of esters is 1. The number of nitrogens with one attached hydrogen (secondary N) is 1. The highest BCUT2D eigenvalue weighted by Gasteiger charge is 2.24. The van der Waals surface area contributed by atoms with Crippen molar-refractivity contribution in [1.82, 2.24) is 5.32 Å². The molecule has 1 amide bonds. The number of hydrogen-bond acceptors (Lipinski definition) is 4. The third kappa shape index (κ3) is 6.79. The van der Waals surface area contributed by atoms with E-state index in [1.807, 2.05) is 30.3 Å². The number of alkyl carbamates (subject to hydrolysis) is 1. The highest BCUT2D eigenvalue weighted by molar-refractivity contribution is 5.81. The van der Waals surface area contributed by atoms with Crippen LogP contribution in [0.3, 0.4) is 0 Å². The molecule has 1 aromatic carbocycles. The van der Waals surface area contributed by atoms with Gasteiger partial charge in [-0.15, -0.1) is 0 Å². The smallest absolute Gasteiger partial charge is 0.408 e. The molecule has 0 bridgehead atoms. The molecule has 1 aromatic rings. The van der Waals surface area contributed by atoms with Crippen LogP contribution < -0.4 is 5.32 Å². The minimum atomic E-state index is -0.718. The molecule has 0 heterocycles. The van der Waals surface area contributed by atoms with Crippen LogP contribution in [0, 0.1) is 0 Å². The predicted molar refractivity (Wildman–Crippen MR) is 79.9 cm³/mol. The van der Waals surface area contributed by atoms with Gasteiger partial charge in [0.25, 0.3) is 0 Å². The van der Waals surface area contributed by atoms with Crippen molar-refractivity contribution >= 4 is 12.1 Å². The fraction of sp³-hybridized carbons (Fsp3) is 0.500. The maximum absolute atomic E-state index is 11.8. The van der Waals surface area contributed by atoms with E-state index in [1.54, 1.807) is 20.8 Å². The summed E-state index contributed by atoms with van der Waals surface area (Å²) < 4.78 is 9.88. The molecule has 0 unspecified atom stereocenters. The average Bonchev–Trinajstić information content (AvgIpc) is 2.41. The quantitative estimate of drug-likeness (QED) is 0.848. The van der Waals surface area contributed by atoms with Gasteiger partial charge in [0.2, 0.25) is 0 Å². The summed E-state index contributed by atoms with van der Waals surface area (Å²) in [6.45, 7) is 5.30. The first-order valence-corrected chi connectivity index (χ1v) is 6.93. The molecule has 0 saturated carbocycles. The lowest BCUT2D eigenvalue weighted by atomic mass is 10.1. The molecule has 0 aliphatic rings. The molecule has 0 radical (unpaired) electrons. The van der Waals surface area contributed by atoms with Crippen LogP contribution in [-0.2, 0) is 20.7 Å². The number of carbonyl (C=O) groups is 2. The number of methoxy groups -OCH3 is 1. The zero-order valence-corrected chi connectivity index (χ0v) is 13.0. The van der Waals surface area contributed by atoms with Crippen LogP contribution in [0.25, 0.3) is 0 Å². The van der Waals surface area contributed by atoms with E-state index < -0.39 is 23.7 Å². The van der Waals surface area contributed by atoms with E-state index in [9.17, 15) is 9.59 Å². The standard InChI is InChI=1S/C16H23NO4/c1-16(2,3)21-15(19)17-13(14(18)20-4)11-10-12-8-6-5-7-9-12/h5-9,13H,10-11H2,1-4H3,(H,17,19)/t13-/m0/s1. The topological polar surface area (TPSA) is 64.6 Å². The summed E-state index contributed by atoms with van der Waals surface area (Å²) >= 11 is 0. The number of amides is 1. The first-order chi connectivity index (χ1) is 9.81. The van der Waals surface area contributed by atoms with Gasteiger partial charge in [-0.1, -0.05) is 30.3 Å². The summed E-state index contributed by atoms with van der Waals surface area (Å²) in [5.41, 5.74) is 0.488. The van der Waals surface area contributed by atoms with E-state index in [4.69, 9.17) is 9.47 Å². The van der Waals surface area contributed by atoms with E-state index in [0.29, 0.717) is 12.8 Å². The number of hydrogen-bond donors (Lipinski definition) is 1. The maximum Gasteiger partial charge on any atom is 0.408 e. The van der Waals surface area contributed by atoms with Crippen LogP contribution in [0.1, 0.15) is 32.8 Å². The fourth-order valence-corrected chi connectivity index (χ4v) is 1.80. The van der Waals surface area contributed by atoms with Crippen molar-refractivity contribution in [3.8, 4) is 0 Å². The minimum Gasteiger partial charge on any atom is -0.467 e. The Balaban J connectivity index is 2.60. The molecule has 5 nitrogen and oxygen atoms in total. The Bertz CT molecular complexity index is 465. The second-order valence-corrected chi connectivity index (χ2v) is 5.75. The van der Waals surface area contributed by atoms with Gasteiger partial charge < -0.3 is 14.8 Å². The van der Waals surface area contributed by atoms with Crippen molar-refractivity contribution in [2.24, 2.45) is 0 Å². The summed E-state index contributed by atoms with van der Waals surface area (Å²) in [6, 6.07) is 9.03. The first kappa shape index (κ1) is 17.0. The van der Waals surface area contributed by atoms with Crippen LogP contribution in [0.2, 0.25) is 0 Å². The van der Waals surface area contributed by atoms with Crippen molar-refractivity contribution in [3.05, 3.63) is 35.9 Å². The van der Waals surface area contributed by atoms with Crippen molar-refractivity contribution in [2.45, 2.75) is 45.3 Å². The van der Waals surface area contributed by atoms with Crippen molar-refractivity contribution in [2.75, 3.05) is 7.11 Å². The van der Waals surface area contributed by atoms with E-state index >= 15 is 0 Å². The molecule has 1 N–H and O–H groups in total. The number of aryl methyl sites for hydroxylation is 1. The zero-order chi connectivity index (χ0) is 15.9. The Labute approximate surface area is 125 Å². The van der Waals surface area contributed by atoms with E-state index in [1.165, 1.54) is 7.11 Å². The van der Waals surface area contributed by atoms with E-state index in [2.05, 4.69) is 5.32 Å². The van der Waals surface area contributed by atoms with Gasteiger partial charge in [0.1, 0.15) is 11.6 Å². The number of rotatable bonds is 5. The average molecular weight is 293 g/mol. The summed E-state index contributed by atoms with van der Waals surface area (Å²) in [4.78, 5) is 23.5. The van der Waals surface area contributed by atoms with E-state index in [-0.39, 0.29) is 0 Å². The molecule has 0 spiro atoms. The van der Waals surface area contributed by atoms with Crippen LogP contribution in [0.15, 0.2) is 30.3 Å². The summed E-state index contributed by atoms with van der Waals surface area (Å²) in [5.74, 6) is -0.475. The highest BCUT2D eigenvalue weighted by Crippen LogP contribution is 2.09. The molecule has 116 valence electrons. The van der Waals surface area contributed by atoms with Crippen molar-refractivity contribution in [1.29, 1.82) is 0 Å². The zero-order valence-electron chi connectivity index (χ0n) is 13.0. The van der Waals surface area contributed by atoms with Gasteiger partial charge >= 0.3 is 12.1 Å². The van der Waals surface area contributed by atoms with E-state index in [0.717, 1.165) is 5.56 Å². The number of ether oxygens (including phenoxy) is 2. The molecule has 0 saturated heterocycles. The largest absolute Gasteiger partial charge is 0.467 e. The van der Waals surface area contributed by atoms with Gasteiger partial charge in [-0.25, -0.2) is 9.59 Å². The predicted octanol–water partition coefficient (Wildman–Crippen LogP) is 2.69. The third-order valence-corrected chi connectivity index (χ3v) is 2.74. The lowest BCUT2D eigenvalue weighted by Gasteiger charge is -2.22.